The number of rotatable bonds is 12. The summed E-state index contributed by atoms with van der Waals surface area (Å²) in [6.45, 7) is 30.8. The van der Waals surface area contributed by atoms with Crippen LogP contribution in [0.4, 0.5) is 0 Å². The van der Waals surface area contributed by atoms with Gasteiger partial charge in [-0.1, -0.05) is 102 Å². The van der Waals surface area contributed by atoms with Crippen LogP contribution in [0.25, 0.3) is 0 Å². The van der Waals surface area contributed by atoms with Crippen LogP contribution < -0.4 is 0 Å². The predicted molar refractivity (Wildman–Crippen MR) is 146 cm³/mol. The number of Topliss-reactive ketones (excluding diaryl/α,β-unsaturated/α-hetero) is 1. The van der Waals surface area contributed by atoms with E-state index in [0.29, 0.717) is 0 Å². The van der Waals surface area contributed by atoms with Crippen LogP contribution in [0.1, 0.15) is 123 Å². The molecule has 0 saturated carbocycles. The number of allylic oxidation sites excluding steroid dienone is 2. The van der Waals surface area contributed by atoms with Crippen LogP contribution in [0.5, 0.6) is 0 Å². The average molecular weight is 469 g/mol. The standard InChI is InChI=1S/C29H56O2S/c1-16-28(13,32)20-24(5,6)22(30)29(14,31-15)27(11,12)21-26(9,10)25(7,8)19-17-18-23(2,3)4/h17,19,32H,16,18,20-21H2,1-15H3. The lowest BCUT2D eigenvalue weighted by Crippen LogP contribution is -2.57. The van der Waals surface area contributed by atoms with E-state index in [4.69, 9.17) is 17.4 Å². The first-order valence-electron chi connectivity index (χ1n) is 12.4. The highest BCUT2D eigenvalue weighted by atomic mass is 32.1. The van der Waals surface area contributed by atoms with Crippen molar-refractivity contribution in [1.82, 2.24) is 0 Å². The summed E-state index contributed by atoms with van der Waals surface area (Å²) in [6.07, 6.45) is 8.26. The van der Waals surface area contributed by atoms with Gasteiger partial charge in [0.05, 0.1) is 0 Å². The van der Waals surface area contributed by atoms with Gasteiger partial charge in [0, 0.05) is 22.7 Å². The monoisotopic (exact) mass is 468 g/mol. The molecule has 0 N–H and O–H groups in total. The summed E-state index contributed by atoms with van der Waals surface area (Å²) in [5.41, 5.74) is -1.54. The van der Waals surface area contributed by atoms with E-state index in [1.165, 1.54) is 0 Å². The summed E-state index contributed by atoms with van der Waals surface area (Å²) >= 11 is 4.83. The van der Waals surface area contributed by atoms with Crippen molar-refractivity contribution in [3.05, 3.63) is 12.2 Å². The minimum Gasteiger partial charge on any atom is -0.370 e. The van der Waals surface area contributed by atoms with Gasteiger partial charge < -0.3 is 4.74 Å². The molecular weight excluding hydrogens is 412 g/mol. The first-order valence-corrected chi connectivity index (χ1v) is 12.8. The molecule has 2 unspecified atom stereocenters. The maximum atomic E-state index is 14.0. The van der Waals surface area contributed by atoms with E-state index in [1.807, 2.05) is 6.92 Å². The first-order chi connectivity index (χ1) is 13.9. The molecule has 0 spiro atoms. The Morgan fingerprint density at radius 3 is 1.66 bits per heavy atom. The van der Waals surface area contributed by atoms with Gasteiger partial charge in [0.1, 0.15) is 5.60 Å². The van der Waals surface area contributed by atoms with E-state index in [2.05, 4.69) is 102 Å². The fraction of sp³-hybridized carbons (Fsp3) is 0.897. The molecule has 0 aromatic carbocycles. The fourth-order valence-corrected chi connectivity index (χ4v) is 5.31. The number of carbonyl (C=O) groups excluding carboxylic acids is 1. The maximum absolute atomic E-state index is 14.0. The van der Waals surface area contributed by atoms with E-state index in [1.54, 1.807) is 7.11 Å². The zero-order valence-electron chi connectivity index (χ0n) is 24.2. The Labute approximate surface area is 207 Å². The Morgan fingerprint density at radius 2 is 1.28 bits per heavy atom. The molecule has 0 heterocycles. The van der Waals surface area contributed by atoms with Gasteiger partial charge in [-0.25, -0.2) is 0 Å². The minimum absolute atomic E-state index is 0.0192. The molecular formula is C29H56O2S. The maximum Gasteiger partial charge on any atom is 0.170 e. The molecule has 0 amide bonds. The van der Waals surface area contributed by atoms with Gasteiger partial charge in [-0.3, -0.25) is 4.79 Å². The molecule has 0 aromatic rings. The van der Waals surface area contributed by atoms with E-state index in [9.17, 15) is 4.79 Å². The zero-order valence-corrected chi connectivity index (χ0v) is 25.1. The lowest BCUT2D eigenvalue weighted by molar-refractivity contribution is -0.169. The lowest BCUT2D eigenvalue weighted by atomic mass is 9.55. The van der Waals surface area contributed by atoms with Crippen LogP contribution in [-0.4, -0.2) is 23.2 Å². The minimum atomic E-state index is -0.892. The van der Waals surface area contributed by atoms with Crippen LogP contribution in [0.3, 0.4) is 0 Å². The second kappa shape index (κ2) is 10.1. The van der Waals surface area contributed by atoms with Gasteiger partial charge in [0.2, 0.25) is 0 Å². The Hall–Kier alpha value is -0.280. The third-order valence-corrected chi connectivity index (χ3v) is 8.70. The highest BCUT2D eigenvalue weighted by Gasteiger charge is 2.55. The summed E-state index contributed by atoms with van der Waals surface area (Å²) in [6, 6.07) is 0. The van der Waals surface area contributed by atoms with Gasteiger partial charge in [-0.2, -0.15) is 12.6 Å². The van der Waals surface area contributed by atoms with Gasteiger partial charge in [-0.05, 0) is 48.9 Å². The topological polar surface area (TPSA) is 26.3 Å². The van der Waals surface area contributed by atoms with Crippen molar-refractivity contribution < 1.29 is 9.53 Å². The Balaban J connectivity index is 5.99. The lowest BCUT2D eigenvalue weighted by Gasteiger charge is -2.52. The summed E-state index contributed by atoms with van der Waals surface area (Å²) in [4.78, 5) is 14.0. The summed E-state index contributed by atoms with van der Waals surface area (Å²) in [5.74, 6) is 0.170. The number of ether oxygens (including phenoxy) is 1. The van der Waals surface area contributed by atoms with Crippen LogP contribution in [0, 0.1) is 27.1 Å². The number of ketones is 1. The third kappa shape index (κ3) is 7.90. The summed E-state index contributed by atoms with van der Waals surface area (Å²) in [7, 11) is 1.69. The molecule has 3 heteroatoms. The van der Waals surface area contributed by atoms with Crippen molar-refractivity contribution in [2.45, 2.75) is 133 Å². The molecule has 0 aromatic heterocycles. The van der Waals surface area contributed by atoms with E-state index >= 15 is 0 Å². The number of hydrogen-bond acceptors (Lipinski definition) is 3. The number of methoxy groups -OCH3 is 1. The van der Waals surface area contributed by atoms with Crippen LogP contribution in [0.2, 0.25) is 0 Å². The van der Waals surface area contributed by atoms with Crippen molar-refractivity contribution in [3.8, 4) is 0 Å². The Kier molecular flexibility index (Phi) is 10.1. The van der Waals surface area contributed by atoms with Gasteiger partial charge in [0.25, 0.3) is 0 Å². The highest BCUT2D eigenvalue weighted by molar-refractivity contribution is 7.81. The molecule has 32 heavy (non-hydrogen) atoms. The Morgan fingerprint density at radius 1 is 0.812 bits per heavy atom. The Bertz CT molecular complexity index is 659. The van der Waals surface area contributed by atoms with E-state index in [0.717, 1.165) is 25.7 Å². The summed E-state index contributed by atoms with van der Waals surface area (Å²) in [5, 5.41) is 0. The van der Waals surface area contributed by atoms with Crippen LogP contribution in [0.15, 0.2) is 12.2 Å². The smallest absolute Gasteiger partial charge is 0.170 e. The normalized spacial score (nSPS) is 18.5. The largest absolute Gasteiger partial charge is 0.370 e. The van der Waals surface area contributed by atoms with Crippen LogP contribution >= 0.6 is 12.6 Å². The first kappa shape index (κ1) is 31.7. The van der Waals surface area contributed by atoms with Gasteiger partial charge in [0.15, 0.2) is 5.78 Å². The second-order valence-electron chi connectivity index (χ2n) is 14.3. The SMILES string of the molecule is CCC(C)(S)CC(C)(C)C(=O)C(C)(OC)C(C)(C)CC(C)(C)C(C)(C)C=CCC(C)(C)C. The number of carbonyl (C=O) groups is 1. The molecule has 190 valence electrons. The zero-order chi connectivity index (χ0) is 26.0. The predicted octanol–water partition coefficient (Wildman–Crippen LogP) is 8.94. The molecule has 2 nitrogen and oxygen atoms in total. The molecule has 0 radical (unpaired) electrons. The molecule has 0 aliphatic rings. The number of thiol groups is 1. The van der Waals surface area contributed by atoms with Crippen molar-refractivity contribution in [3.63, 3.8) is 0 Å². The van der Waals surface area contributed by atoms with Crippen LogP contribution in [-0.2, 0) is 9.53 Å². The molecule has 0 fully saturated rings. The molecule has 0 bridgehead atoms. The fourth-order valence-electron chi connectivity index (χ4n) is 4.91. The van der Waals surface area contributed by atoms with Crippen molar-refractivity contribution in [1.29, 1.82) is 0 Å². The number of hydrogen-bond donors (Lipinski definition) is 1. The molecule has 0 rings (SSSR count). The molecule has 0 saturated heterocycles. The van der Waals surface area contributed by atoms with Crippen molar-refractivity contribution in [2.75, 3.05) is 7.11 Å². The molecule has 0 aliphatic carbocycles. The summed E-state index contributed by atoms with van der Waals surface area (Å²) < 4.78 is 5.91. The van der Waals surface area contributed by atoms with Gasteiger partial charge >= 0.3 is 0 Å². The second-order valence-corrected chi connectivity index (χ2v) is 15.4. The van der Waals surface area contributed by atoms with E-state index in [-0.39, 0.29) is 32.2 Å². The highest BCUT2D eigenvalue weighted by Crippen LogP contribution is 2.53. The molecule has 2 atom stereocenters. The van der Waals surface area contributed by atoms with E-state index < -0.39 is 11.0 Å². The molecule has 0 aliphatic heterocycles. The quantitative estimate of drug-likeness (QED) is 0.228. The third-order valence-electron chi connectivity index (χ3n) is 8.23. The average Bonchev–Trinajstić information content (AvgIpc) is 2.56. The van der Waals surface area contributed by atoms with Crippen molar-refractivity contribution >= 4 is 18.4 Å². The van der Waals surface area contributed by atoms with Gasteiger partial charge in [-0.15, -0.1) is 0 Å². The van der Waals surface area contributed by atoms with Crippen molar-refractivity contribution in [2.24, 2.45) is 27.1 Å².